The molecule has 0 radical (unpaired) electrons. The van der Waals surface area contributed by atoms with Crippen LogP contribution in [0.5, 0.6) is 0 Å². The highest BCUT2D eigenvalue weighted by atomic mass is 32.2. The first kappa shape index (κ1) is 22.4. The Morgan fingerprint density at radius 1 is 1.16 bits per heavy atom. The van der Waals surface area contributed by atoms with Crippen LogP contribution in [0.15, 0.2) is 47.9 Å². The van der Waals surface area contributed by atoms with E-state index < -0.39 is 21.5 Å². The number of carbonyl (C=O) groups excluding carboxylic acids is 1. The van der Waals surface area contributed by atoms with E-state index in [2.05, 4.69) is 20.4 Å². The lowest BCUT2D eigenvalue weighted by Crippen LogP contribution is -2.27. The molecule has 0 unspecified atom stereocenters. The maximum absolute atomic E-state index is 12.0. The molecule has 3 aromatic rings. The zero-order valence-corrected chi connectivity index (χ0v) is 18.9. The fraction of sp³-hybridized carbons (Fsp3) is 0.333. The molecular weight excluding hydrogens is 418 g/mol. The molecule has 0 bridgehead atoms. The van der Waals surface area contributed by atoms with Gasteiger partial charge < -0.3 is 4.74 Å². The van der Waals surface area contributed by atoms with Crippen LogP contribution in [-0.2, 0) is 21.1 Å². The van der Waals surface area contributed by atoms with Gasteiger partial charge >= 0.3 is 6.09 Å². The van der Waals surface area contributed by atoms with Gasteiger partial charge in [-0.05, 0) is 45.9 Å². The van der Waals surface area contributed by atoms with Crippen LogP contribution in [-0.4, -0.2) is 46.1 Å². The van der Waals surface area contributed by atoms with Gasteiger partial charge in [-0.2, -0.15) is 5.10 Å². The Morgan fingerprint density at radius 2 is 1.84 bits per heavy atom. The van der Waals surface area contributed by atoms with Gasteiger partial charge in [-0.1, -0.05) is 12.1 Å². The van der Waals surface area contributed by atoms with Crippen molar-refractivity contribution >= 4 is 21.6 Å². The third-order valence-electron chi connectivity index (χ3n) is 4.13. The number of nitrogens with zero attached hydrogens (tertiary/aromatic N) is 4. The molecule has 2 aromatic heterocycles. The van der Waals surface area contributed by atoms with Gasteiger partial charge in [0.1, 0.15) is 11.3 Å². The monoisotopic (exact) mass is 443 g/mol. The summed E-state index contributed by atoms with van der Waals surface area (Å²) >= 11 is 0. The van der Waals surface area contributed by atoms with Gasteiger partial charge in [0.2, 0.25) is 15.0 Å². The Bertz CT molecular complexity index is 1200. The molecule has 0 aliphatic carbocycles. The molecule has 0 saturated carbocycles. The highest BCUT2D eigenvalue weighted by molar-refractivity contribution is 7.90. The molecule has 0 aliphatic heterocycles. The third-order valence-corrected chi connectivity index (χ3v) is 4.99. The number of amides is 1. The smallest absolute Gasteiger partial charge is 0.412 e. The zero-order chi connectivity index (χ0) is 22.8. The molecule has 2 heterocycles. The van der Waals surface area contributed by atoms with Crippen LogP contribution in [0.4, 0.5) is 10.5 Å². The van der Waals surface area contributed by atoms with Gasteiger partial charge in [0, 0.05) is 42.0 Å². The molecule has 0 fully saturated rings. The van der Waals surface area contributed by atoms with Crippen LogP contribution < -0.4 is 5.32 Å². The summed E-state index contributed by atoms with van der Waals surface area (Å²) in [4.78, 5) is 20.0. The Kier molecular flexibility index (Phi) is 6.12. The van der Waals surface area contributed by atoms with Gasteiger partial charge in [-0.15, -0.1) is 0 Å². The molecule has 164 valence electrons. The number of aromatic nitrogens is 4. The van der Waals surface area contributed by atoms with E-state index in [-0.39, 0.29) is 5.16 Å². The molecule has 0 atom stereocenters. The van der Waals surface area contributed by atoms with E-state index in [1.54, 1.807) is 43.7 Å². The van der Waals surface area contributed by atoms with Crippen molar-refractivity contribution < 1.29 is 17.9 Å². The number of hydrogen-bond acceptors (Lipinski definition) is 7. The lowest BCUT2D eigenvalue weighted by atomic mass is 10.1. The van der Waals surface area contributed by atoms with E-state index in [0.717, 1.165) is 11.8 Å². The Balaban J connectivity index is 1.94. The number of aryl methyl sites for hydroxylation is 1. The molecule has 3 rings (SSSR count). The molecule has 0 spiro atoms. The SMILES string of the molecule is CCn1cc(-c2ccnc(S(C)(=O)=O)n2)c(-c2ccc(NC(=O)OC(C)(C)C)cc2)n1. The Hall–Kier alpha value is -3.27. The second-order valence-electron chi connectivity index (χ2n) is 7.95. The van der Waals surface area contributed by atoms with Crippen molar-refractivity contribution in [1.29, 1.82) is 0 Å². The number of ether oxygens (including phenoxy) is 1. The first-order chi connectivity index (χ1) is 14.5. The summed E-state index contributed by atoms with van der Waals surface area (Å²) in [6.45, 7) is 7.97. The number of nitrogens with one attached hydrogen (secondary N) is 1. The Labute approximate surface area is 181 Å². The number of hydrogen-bond donors (Lipinski definition) is 1. The van der Waals surface area contributed by atoms with Crippen molar-refractivity contribution in [3.63, 3.8) is 0 Å². The third kappa shape index (κ3) is 5.66. The van der Waals surface area contributed by atoms with Crippen molar-refractivity contribution in [3.05, 3.63) is 42.7 Å². The second kappa shape index (κ2) is 8.46. The van der Waals surface area contributed by atoms with E-state index in [0.29, 0.717) is 29.2 Å². The number of sulfone groups is 1. The predicted molar refractivity (Wildman–Crippen MR) is 117 cm³/mol. The van der Waals surface area contributed by atoms with Crippen LogP contribution in [0.2, 0.25) is 0 Å². The van der Waals surface area contributed by atoms with Crippen molar-refractivity contribution in [2.45, 2.75) is 45.0 Å². The number of rotatable bonds is 5. The van der Waals surface area contributed by atoms with Crippen LogP contribution >= 0.6 is 0 Å². The topological polar surface area (TPSA) is 116 Å². The predicted octanol–water partition coefficient (Wildman–Crippen LogP) is 3.78. The number of benzene rings is 1. The average Bonchev–Trinajstić information content (AvgIpc) is 3.11. The van der Waals surface area contributed by atoms with Gasteiger partial charge in [0.15, 0.2) is 0 Å². The van der Waals surface area contributed by atoms with E-state index >= 15 is 0 Å². The van der Waals surface area contributed by atoms with Crippen molar-refractivity contribution in [2.75, 3.05) is 11.6 Å². The lowest BCUT2D eigenvalue weighted by Gasteiger charge is -2.19. The van der Waals surface area contributed by atoms with Crippen LogP contribution in [0.25, 0.3) is 22.5 Å². The van der Waals surface area contributed by atoms with E-state index in [4.69, 9.17) is 4.74 Å². The molecule has 0 saturated heterocycles. The molecule has 31 heavy (non-hydrogen) atoms. The fourth-order valence-electron chi connectivity index (χ4n) is 2.79. The quantitative estimate of drug-likeness (QED) is 0.597. The average molecular weight is 444 g/mol. The minimum absolute atomic E-state index is 0.239. The molecule has 9 nitrogen and oxygen atoms in total. The molecule has 1 aromatic carbocycles. The molecule has 1 N–H and O–H groups in total. The van der Waals surface area contributed by atoms with Crippen LogP contribution in [0, 0.1) is 0 Å². The maximum atomic E-state index is 12.0. The van der Waals surface area contributed by atoms with Gasteiger partial charge in [-0.25, -0.2) is 23.2 Å². The standard InChI is InChI=1S/C21H25N5O4S/c1-6-26-13-16(17-11-12-22-19(24-17)31(5,28)29)18(25-26)14-7-9-15(10-8-14)23-20(27)30-21(2,3)4/h7-13H,6H2,1-5H3,(H,23,27). The molecule has 10 heteroatoms. The van der Waals surface area contributed by atoms with Crippen molar-refractivity contribution in [3.8, 4) is 22.5 Å². The lowest BCUT2D eigenvalue weighted by molar-refractivity contribution is 0.0636. The minimum atomic E-state index is -3.54. The van der Waals surface area contributed by atoms with E-state index in [1.807, 2.05) is 25.3 Å². The number of carbonyl (C=O) groups is 1. The first-order valence-corrected chi connectivity index (χ1v) is 11.6. The summed E-state index contributed by atoms with van der Waals surface area (Å²) in [5.41, 5.74) is 2.56. The van der Waals surface area contributed by atoms with Crippen LogP contribution in [0.1, 0.15) is 27.7 Å². The Morgan fingerprint density at radius 3 is 2.42 bits per heavy atom. The van der Waals surface area contributed by atoms with Gasteiger partial charge in [-0.3, -0.25) is 10.00 Å². The first-order valence-electron chi connectivity index (χ1n) is 9.67. The second-order valence-corrected chi connectivity index (χ2v) is 9.86. The molecular formula is C21H25N5O4S. The van der Waals surface area contributed by atoms with Crippen molar-refractivity contribution in [2.24, 2.45) is 0 Å². The summed E-state index contributed by atoms with van der Waals surface area (Å²) in [7, 11) is -3.54. The molecule has 0 aliphatic rings. The molecule has 1 amide bonds. The highest BCUT2D eigenvalue weighted by Crippen LogP contribution is 2.31. The number of anilines is 1. The van der Waals surface area contributed by atoms with Crippen LogP contribution in [0.3, 0.4) is 0 Å². The summed E-state index contributed by atoms with van der Waals surface area (Å²) < 4.78 is 30.7. The maximum Gasteiger partial charge on any atom is 0.412 e. The zero-order valence-electron chi connectivity index (χ0n) is 18.1. The van der Waals surface area contributed by atoms with Gasteiger partial charge in [0.05, 0.1) is 5.69 Å². The summed E-state index contributed by atoms with van der Waals surface area (Å²) in [6, 6.07) is 8.77. The summed E-state index contributed by atoms with van der Waals surface area (Å²) in [5.74, 6) is 0. The minimum Gasteiger partial charge on any atom is -0.444 e. The van der Waals surface area contributed by atoms with E-state index in [9.17, 15) is 13.2 Å². The normalized spacial score (nSPS) is 11.9. The fourth-order valence-corrected chi connectivity index (χ4v) is 3.30. The highest BCUT2D eigenvalue weighted by Gasteiger charge is 2.19. The summed E-state index contributed by atoms with van der Waals surface area (Å²) in [5, 5.41) is 7.05. The van der Waals surface area contributed by atoms with Crippen molar-refractivity contribution in [1.82, 2.24) is 19.7 Å². The van der Waals surface area contributed by atoms with Gasteiger partial charge in [0.25, 0.3) is 0 Å². The van der Waals surface area contributed by atoms with E-state index in [1.165, 1.54) is 6.20 Å². The largest absolute Gasteiger partial charge is 0.444 e. The summed E-state index contributed by atoms with van der Waals surface area (Å²) in [6.07, 6.45) is 3.76.